The summed E-state index contributed by atoms with van der Waals surface area (Å²) in [5.74, 6) is 1.13. The number of hydrogen-bond donors (Lipinski definition) is 2. The van der Waals surface area contributed by atoms with E-state index in [1.54, 1.807) is 18.4 Å². The standard InChI is InChI=1S/C20H26N2O2S/c1-20(2,3)12-9-10-13-16(11-12)25-18(21)17(13)19(23)22-14-7-5-6-8-15(14)24-4/h5-8,12H,9-11,21H2,1-4H3,(H,22,23)/t12-/m1/s1. The van der Waals surface area contributed by atoms with Gasteiger partial charge in [-0.15, -0.1) is 11.3 Å². The second-order valence-electron chi connectivity index (χ2n) is 7.70. The second-order valence-corrected chi connectivity index (χ2v) is 8.84. The third-order valence-electron chi connectivity index (χ3n) is 5.10. The number of nitrogen functional groups attached to an aromatic ring is 1. The zero-order valence-electron chi connectivity index (χ0n) is 15.3. The average molecular weight is 359 g/mol. The van der Waals surface area contributed by atoms with Crippen molar-refractivity contribution in [3.63, 3.8) is 0 Å². The van der Waals surface area contributed by atoms with Crippen LogP contribution >= 0.6 is 11.3 Å². The monoisotopic (exact) mass is 358 g/mol. The number of carbonyl (C=O) groups is 1. The maximum atomic E-state index is 12.9. The molecule has 0 saturated heterocycles. The molecule has 1 aromatic heterocycles. The van der Waals surface area contributed by atoms with E-state index in [9.17, 15) is 4.79 Å². The van der Waals surface area contributed by atoms with Gasteiger partial charge in [-0.05, 0) is 48.3 Å². The Morgan fingerprint density at radius 3 is 2.72 bits per heavy atom. The smallest absolute Gasteiger partial charge is 0.259 e. The number of hydrogen-bond acceptors (Lipinski definition) is 4. The van der Waals surface area contributed by atoms with Gasteiger partial charge in [0, 0.05) is 4.88 Å². The van der Waals surface area contributed by atoms with Gasteiger partial charge in [-0.25, -0.2) is 0 Å². The second kappa shape index (κ2) is 6.71. The molecule has 1 atom stereocenters. The number of benzene rings is 1. The van der Waals surface area contributed by atoms with Gasteiger partial charge in [0.25, 0.3) is 5.91 Å². The van der Waals surface area contributed by atoms with Gasteiger partial charge in [0.1, 0.15) is 5.75 Å². The molecule has 3 N–H and O–H groups in total. The van der Waals surface area contributed by atoms with Crippen LogP contribution in [0.3, 0.4) is 0 Å². The highest BCUT2D eigenvalue weighted by molar-refractivity contribution is 7.16. The van der Waals surface area contributed by atoms with Crippen molar-refractivity contribution in [1.29, 1.82) is 0 Å². The summed E-state index contributed by atoms with van der Waals surface area (Å²) in [6.45, 7) is 6.86. The molecule has 3 rings (SSSR count). The van der Waals surface area contributed by atoms with E-state index < -0.39 is 0 Å². The van der Waals surface area contributed by atoms with E-state index in [-0.39, 0.29) is 11.3 Å². The Morgan fingerprint density at radius 2 is 2.04 bits per heavy atom. The van der Waals surface area contributed by atoms with Gasteiger partial charge < -0.3 is 15.8 Å². The minimum Gasteiger partial charge on any atom is -0.495 e. The quantitative estimate of drug-likeness (QED) is 0.833. The number of ether oxygens (including phenoxy) is 1. The number of rotatable bonds is 3. The zero-order valence-corrected chi connectivity index (χ0v) is 16.1. The summed E-state index contributed by atoms with van der Waals surface area (Å²) in [6, 6.07) is 7.41. The van der Waals surface area contributed by atoms with Gasteiger partial charge in [-0.1, -0.05) is 32.9 Å². The summed E-state index contributed by atoms with van der Waals surface area (Å²) >= 11 is 1.57. The van der Waals surface area contributed by atoms with Gasteiger partial charge >= 0.3 is 0 Å². The van der Waals surface area contributed by atoms with E-state index in [0.717, 1.165) is 24.8 Å². The first-order chi connectivity index (χ1) is 11.8. The SMILES string of the molecule is COc1ccccc1NC(=O)c1c(N)sc2c1CC[C@@H](C(C)(C)C)C2. The molecule has 1 heterocycles. The summed E-state index contributed by atoms with van der Waals surface area (Å²) < 4.78 is 5.31. The van der Waals surface area contributed by atoms with E-state index >= 15 is 0 Å². The number of thiophene rings is 1. The number of para-hydroxylation sites is 2. The predicted octanol–water partition coefficient (Wildman–Crippen LogP) is 4.74. The van der Waals surface area contributed by atoms with E-state index in [4.69, 9.17) is 10.5 Å². The van der Waals surface area contributed by atoms with Crippen molar-refractivity contribution in [3.8, 4) is 5.75 Å². The molecule has 2 aromatic rings. The van der Waals surface area contributed by atoms with Crippen LogP contribution in [0.1, 0.15) is 48.0 Å². The fraction of sp³-hybridized carbons (Fsp3) is 0.450. The number of carbonyl (C=O) groups excluding carboxylic acids is 1. The molecule has 25 heavy (non-hydrogen) atoms. The van der Waals surface area contributed by atoms with Crippen LogP contribution in [0, 0.1) is 11.3 Å². The Labute approximate surface area is 153 Å². The molecular weight excluding hydrogens is 332 g/mol. The van der Waals surface area contributed by atoms with Crippen LogP contribution in [0.4, 0.5) is 10.7 Å². The van der Waals surface area contributed by atoms with Crippen molar-refractivity contribution >= 4 is 27.9 Å². The maximum absolute atomic E-state index is 12.9. The maximum Gasteiger partial charge on any atom is 0.259 e. The van der Waals surface area contributed by atoms with E-state index in [0.29, 0.717) is 27.9 Å². The van der Waals surface area contributed by atoms with Crippen molar-refractivity contribution in [2.24, 2.45) is 11.3 Å². The number of methoxy groups -OCH3 is 1. The first kappa shape index (κ1) is 17.8. The fourth-order valence-electron chi connectivity index (χ4n) is 3.53. The van der Waals surface area contributed by atoms with Gasteiger partial charge in [0.15, 0.2) is 0 Å². The number of fused-ring (bicyclic) bond motifs is 1. The molecule has 0 spiro atoms. The van der Waals surface area contributed by atoms with E-state index in [1.807, 2.05) is 24.3 Å². The summed E-state index contributed by atoms with van der Waals surface area (Å²) in [5.41, 5.74) is 8.95. The van der Waals surface area contributed by atoms with Crippen molar-refractivity contribution in [1.82, 2.24) is 0 Å². The van der Waals surface area contributed by atoms with Crippen LogP contribution in [-0.4, -0.2) is 13.0 Å². The summed E-state index contributed by atoms with van der Waals surface area (Å²) in [7, 11) is 1.60. The van der Waals surface area contributed by atoms with Gasteiger partial charge in [0.05, 0.1) is 23.4 Å². The number of nitrogens with one attached hydrogen (secondary N) is 1. The van der Waals surface area contributed by atoms with E-state index in [1.165, 1.54) is 4.88 Å². The first-order valence-electron chi connectivity index (χ1n) is 8.65. The van der Waals surface area contributed by atoms with Crippen molar-refractivity contribution in [2.75, 3.05) is 18.2 Å². The lowest BCUT2D eigenvalue weighted by Crippen LogP contribution is -2.27. The molecule has 0 aliphatic heterocycles. The summed E-state index contributed by atoms with van der Waals surface area (Å²) in [4.78, 5) is 14.1. The third-order valence-corrected chi connectivity index (χ3v) is 6.18. The van der Waals surface area contributed by atoms with Crippen LogP contribution < -0.4 is 15.8 Å². The minimum atomic E-state index is -0.145. The Morgan fingerprint density at radius 1 is 1.32 bits per heavy atom. The first-order valence-corrected chi connectivity index (χ1v) is 9.47. The Kier molecular flexibility index (Phi) is 4.78. The van der Waals surface area contributed by atoms with Crippen LogP contribution in [0.25, 0.3) is 0 Å². The zero-order chi connectivity index (χ0) is 18.2. The highest BCUT2D eigenvalue weighted by atomic mass is 32.1. The molecule has 1 aliphatic carbocycles. The fourth-order valence-corrected chi connectivity index (χ4v) is 4.72. The number of anilines is 2. The molecule has 1 aliphatic rings. The molecule has 5 heteroatoms. The molecule has 0 unspecified atom stereocenters. The molecule has 1 aromatic carbocycles. The minimum absolute atomic E-state index is 0.145. The van der Waals surface area contributed by atoms with Gasteiger partial charge in [-0.2, -0.15) is 0 Å². The lowest BCUT2D eigenvalue weighted by atomic mass is 9.72. The predicted molar refractivity (Wildman–Crippen MR) is 105 cm³/mol. The molecule has 1 amide bonds. The molecule has 0 saturated carbocycles. The highest BCUT2D eigenvalue weighted by Gasteiger charge is 2.33. The van der Waals surface area contributed by atoms with Crippen LogP contribution in [0.2, 0.25) is 0 Å². The Bertz CT molecular complexity index is 789. The van der Waals surface area contributed by atoms with Crippen molar-refractivity contribution < 1.29 is 9.53 Å². The topological polar surface area (TPSA) is 64.3 Å². The van der Waals surface area contributed by atoms with Crippen LogP contribution in [0.5, 0.6) is 5.75 Å². The lowest BCUT2D eigenvalue weighted by Gasteiger charge is -2.33. The molecule has 4 nitrogen and oxygen atoms in total. The Balaban J connectivity index is 1.87. The molecule has 134 valence electrons. The van der Waals surface area contributed by atoms with Crippen molar-refractivity contribution in [3.05, 3.63) is 40.3 Å². The average Bonchev–Trinajstić information content (AvgIpc) is 2.89. The van der Waals surface area contributed by atoms with Gasteiger partial charge in [-0.3, -0.25) is 4.79 Å². The lowest BCUT2D eigenvalue weighted by molar-refractivity contribution is 0.102. The number of nitrogens with two attached hydrogens (primary N) is 1. The molecule has 0 radical (unpaired) electrons. The van der Waals surface area contributed by atoms with Gasteiger partial charge in [0.2, 0.25) is 0 Å². The largest absolute Gasteiger partial charge is 0.495 e. The van der Waals surface area contributed by atoms with Crippen molar-refractivity contribution in [2.45, 2.75) is 40.0 Å². The molecule has 0 bridgehead atoms. The summed E-state index contributed by atoms with van der Waals surface area (Å²) in [5, 5.41) is 3.58. The normalized spacial score (nSPS) is 17.0. The van der Waals surface area contributed by atoms with Crippen LogP contribution in [-0.2, 0) is 12.8 Å². The summed E-state index contributed by atoms with van der Waals surface area (Å²) in [6.07, 6.45) is 3.02. The number of amides is 1. The van der Waals surface area contributed by atoms with E-state index in [2.05, 4.69) is 26.1 Å². The highest BCUT2D eigenvalue weighted by Crippen LogP contribution is 2.43. The Hall–Kier alpha value is -2.01. The third kappa shape index (κ3) is 3.52. The van der Waals surface area contributed by atoms with Crippen LogP contribution in [0.15, 0.2) is 24.3 Å². The molecular formula is C20H26N2O2S. The molecule has 0 fully saturated rings.